The number of non-ortho nitro benzene ring substituents is 2. The summed E-state index contributed by atoms with van der Waals surface area (Å²) in [6.07, 6.45) is 0. The van der Waals surface area contributed by atoms with Crippen molar-refractivity contribution in [2.75, 3.05) is 0 Å². The second-order valence-electron chi connectivity index (χ2n) is 4.59. The van der Waals surface area contributed by atoms with Crippen LogP contribution in [0, 0.1) is 33.2 Å². The number of hydrogen-bond donors (Lipinski definition) is 0. The number of rotatable bonds is 4. The highest BCUT2D eigenvalue weighted by atomic mass is 127. The summed E-state index contributed by atoms with van der Waals surface area (Å²) in [6.45, 7) is 0. The normalized spacial score (nSPS) is 11.3. The lowest BCUT2D eigenvalue weighted by Gasteiger charge is -2.08. The summed E-state index contributed by atoms with van der Waals surface area (Å²) in [5, 5.41) is 21.3. The van der Waals surface area contributed by atoms with Crippen LogP contribution < -0.4 is 21.2 Å². The lowest BCUT2D eigenvalue weighted by Crippen LogP contribution is -3.61. The molecule has 0 aliphatic rings. The van der Waals surface area contributed by atoms with Crippen molar-refractivity contribution in [1.82, 2.24) is 0 Å². The van der Waals surface area contributed by atoms with Gasteiger partial charge in [-0.25, -0.2) is 12.8 Å². The van der Waals surface area contributed by atoms with E-state index in [0.29, 0.717) is 3.57 Å². The van der Waals surface area contributed by atoms with Crippen molar-refractivity contribution >= 4 is 21.5 Å². The summed E-state index contributed by atoms with van der Waals surface area (Å²) in [7, 11) is -6.09. The molecular formula is C13H7F4IN2O7S. The third-order valence-electron chi connectivity index (χ3n) is 2.63. The average Bonchev–Trinajstić information content (AvgIpc) is 2.55. The van der Waals surface area contributed by atoms with Gasteiger partial charge in [-0.2, -0.15) is 13.2 Å². The molecule has 0 fully saturated rings. The summed E-state index contributed by atoms with van der Waals surface area (Å²) in [6, 6.07) is 9.20. The van der Waals surface area contributed by atoms with Crippen LogP contribution in [0.25, 0.3) is 0 Å². The van der Waals surface area contributed by atoms with Crippen molar-refractivity contribution in [2.24, 2.45) is 0 Å². The molecule has 0 amide bonds. The van der Waals surface area contributed by atoms with E-state index < -0.39 is 52.5 Å². The monoisotopic (exact) mass is 538 g/mol. The van der Waals surface area contributed by atoms with Crippen molar-refractivity contribution in [2.45, 2.75) is 5.51 Å². The van der Waals surface area contributed by atoms with Gasteiger partial charge in [0.15, 0.2) is 15.9 Å². The van der Waals surface area contributed by atoms with E-state index in [0.717, 1.165) is 12.1 Å². The van der Waals surface area contributed by atoms with Crippen molar-refractivity contribution in [3.63, 3.8) is 0 Å². The molecule has 0 aliphatic carbocycles. The number of benzene rings is 2. The van der Waals surface area contributed by atoms with E-state index in [9.17, 15) is 37.8 Å². The number of nitro benzene ring substituents is 2. The molecule has 0 radical (unpaired) electrons. The zero-order chi connectivity index (χ0) is 21.7. The van der Waals surface area contributed by atoms with Crippen molar-refractivity contribution in [3.05, 3.63) is 75.7 Å². The first-order valence-corrected chi connectivity index (χ1v) is 10.1. The van der Waals surface area contributed by atoms with Gasteiger partial charge in [0.25, 0.3) is 11.4 Å². The number of hydrogen-bond acceptors (Lipinski definition) is 7. The number of halogens is 5. The molecule has 0 atom stereocenters. The number of nitrogens with zero attached hydrogens (tertiary/aromatic N) is 2. The van der Waals surface area contributed by atoms with Crippen LogP contribution >= 0.6 is 0 Å². The number of nitro groups is 2. The second-order valence-corrected chi connectivity index (χ2v) is 8.91. The predicted octanol–water partition coefficient (Wildman–Crippen LogP) is -0.178. The lowest BCUT2D eigenvalue weighted by molar-refractivity contribution is -0.601. The van der Waals surface area contributed by atoms with Gasteiger partial charge < -0.3 is 4.55 Å². The summed E-state index contributed by atoms with van der Waals surface area (Å²) in [5.74, 6) is -0.532. The van der Waals surface area contributed by atoms with Crippen LogP contribution in [0.4, 0.5) is 28.9 Å². The molecule has 152 valence electrons. The van der Waals surface area contributed by atoms with Gasteiger partial charge in [0.05, 0.1) is 22.0 Å². The summed E-state index contributed by atoms with van der Waals surface area (Å²) < 4.78 is 73.4. The summed E-state index contributed by atoms with van der Waals surface area (Å²) >= 11 is -1.06. The molecule has 0 saturated heterocycles. The molecule has 2 aromatic carbocycles. The molecule has 0 saturated carbocycles. The smallest absolute Gasteiger partial charge is 0.485 e. The minimum absolute atomic E-state index is 0.0759. The minimum Gasteiger partial charge on any atom is -0.741 e. The molecule has 2 rings (SSSR count). The molecule has 0 spiro atoms. The second kappa shape index (κ2) is 9.20. The van der Waals surface area contributed by atoms with Crippen LogP contribution in [-0.4, -0.2) is 28.3 Å². The SMILES string of the molecule is O=S(=O)([O-])C(F)(F)F.O=[N+]([O-])c1cccc([I+]c2cc([N+](=O)[O-])ccc2F)c1. The Morgan fingerprint density at radius 1 is 0.929 bits per heavy atom. The lowest BCUT2D eigenvalue weighted by atomic mass is 10.3. The molecule has 0 N–H and O–H groups in total. The molecule has 15 heteroatoms. The van der Waals surface area contributed by atoms with Crippen LogP contribution in [0.1, 0.15) is 0 Å². The first-order chi connectivity index (χ1) is 12.7. The first-order valence-electron chi connectivity index (χ1n) is 6.57. The molecule has 0 aliphatic heterocycles. The third-order valence-corrected chi connectivity index (χ3v) is 5.90. The fourth-order valence-corrected chi connectivity index (χ4v) is 3.88. The molecular weight excluding hydrogens is 531 g/mol. The van der Waals surface area contributed by atoms with E-state index in [-0.39, 0.29) is 14.9 Å². The largest absolute Gasteiger partial charge is 0.741 e. The molecule has 9 nitrogen and oxygen atoms in total. The number of alkyl halides is 3. The fraction of sp³-hybridized carbons (Fsp3) is 0.0769. The highest BCUT2D eigenvalue weighted by Gasteiger charge is 2.36. The average molecular weight is 538 g/mol. The molecule has 0 heterocycles. The zero-order valence-corrected chi connectivity index (χ0v) is 16.1. The molecule has 2 aromatic rings. The molecule has 28 heavy (non-hydrogen) atoms. The van der Waals surface area contributed by atoms with Crippen LogP contribution in [0.3, 0.4) is 0 Å². The van der Waals surface area contributed by atoms with Gasteiger partial charge in [-0.3, -0.25) is 20.2 Å². The Balaban J connectivity index is 0.000000416. The molecule has 0 bridgehead atoms. The van der Waals surface area contributed by atoms with E-state index in [1.165, 1.54) is 24.3 Å². The summed E-state index contributed by atoms with van der Waals surface area (Å²) in [4.78, 5) is 20.2. The predicted molar refractivity (Wildman–Crippen MR) is 79.3 cm³/mol. The maximum absolute atomic E-state index is 13.6. The van der Waals surface area contributed by atoms with Crippen LogP contribution in [-0.2, 0) is 10.1 Å². The van der Waals surface area contributed by atoms with E-state index in [4.69, 9.17) is 13.0 Å². The Hall–Kier alpha value is -2.40. The minimum atomic E-state index is -6.09. The van der Waals surface area contributed by atoms with Crippen LogP contribution in [0.15, 0.2) is 42.5 Å². The maximum atomic E-state index is 13.6. The van der Waals surface area contributed by atoms with Crippen LogP contribution in [0.5, 0.6) is 0 Å². The van der Waals surface area contributed by atoms with Gasteiger partial charge in [-0.15, -0.1) is 0 Å². The van der Waals surface area contributed by atoms with E-state index >= 15 is 0 Å². The van der Waals surface area contributed by atoms with Crippen molar-refractivity contribution in [1.29, 1.82) is 0 Å². The Kier molecular flexibility index (Phi) is 7.76. The van der Waals surface area contributed by atoms with E-state index in [1.54, 1.807) is 6.07 Å². The van der Waals surface area contributed by atoms with Gasteiger partial charge in [0.1, 0.15) is 0 Å². The van der Waals surface area contributed by atoms with Gasteiger partial charge in [-0.05, 0) is 12.1 Å². The van der Waals surface area contributed by atoms with Crippen LogP contribution in [0.2, 0.25) is 0 Å². The topological polar surface area (TPSA) is 143 Å². The van der Waals surface area contributed by atoms with Gasteiger partial charge in [-0.1, -0.05) is 6.07 Å². The maximum Gasteiger partial charge on any atom is 0.485 e. The Morgan fingerprint density at radius 3 is 1.89 bits per heavy atom. The quantitative estimate of drug-likeness (QED) is 0.131. The van der Waals surface area contributed by atoms with Gasteiger partial charge >= 0.3 is 26.7 Å². The fourth-order valence-electron chi connectivity index (χ4n) is 1.44. The third kappa shape index (κ3) is 6.97. The van der Waals surface area contributed by atoms with E-state index in [2.05, 4.69) is 0 Å². The molecule has 0 aromatic heterocycles. The van der Waals surface area contributed by atoms with Gasteiger partial charge in [0.2, 0.25) is 7.14 Å². The highest BCUT2D eigenvalue weighted by molar-refractivity contribution is 7.86. The highest BCUT2D eigenvalue weighted by Crippen LogP contribution is 2.20. The first kappa shape index (κ1) is 23.6. The standard InChI is InChI=1S/C12H7FIN2O4.CHF3O3S/c13-11-5-4-10(16(19)20)7-12(11)14-8-2-1-3-9(6-8)15(17)18;2-1(3,4)8(5,6)7/h1-7H;(H,5,6,7)/q+1;/p-1. The Bertz CT molecular complexity index is 999. The Labute approximate surface area is 164 Å². The summed E-state index contributed by atoms with van der Waals surface area (Å²) in [5.41, 5.74) is -5.91. The van der Waals surface area contributed by atoms with Crippen molar-refractivity contribution in [3.8, 4) is 0 Å². The zero-order valence-electron chi connectivity index (χ0n) is 13.1. The Morgan fingerprint density at radius 2 is 1.43 bits per heavy atom. The van der Waals surface area contributed by atoms with Gasteiger partial charge in [0, 0.05) is 12.1 Å². The van der Waals surface area contributed by atoms with Crippen molar-refractivity contribution < 1.29 is 61.6 Å². The molecule has 0 unspecified atom stereocenters. The van der Waals surface area contributed by atoms with E-state index in [1.807, 2.05) is 0 Å².